The quantitative estimate of drug-likeness (QED) is 0.817. The first-order valence-electron chi connectivity index (χ1n) is 5.34. The zero-order valence-corrected chi connectivity index (χ0v) is 10.8. The second-order valence-corrected chi connectivity index (χ2v) is 3.78. The van der Waals surface area contributed by atoms with Gasteiger partial charge in [0.15, 0.2) is 0 Å². The van der Waals surface area contributed by atoms with E-state index >= 15 is 0 Å². The molecule has 0 saturated carbocycles. The first-order valence-corrected chi connectivity index (χ1v) is 5.34. The Morgan fingerprint density at radius 1 is 1.47 bits per heavy atom. The number of hydrogen-bond acceptors (Lipinski definition) is 2. The van der Waals surface area contributed by atoms with Gasteiger partial charge < -0.3 is 10.6 Å². The summed E-state index contributed by atoms with van der Waals surface area (Å²) in [5.74, 6) is -0.0521. The smallest absolute Gasteiger partial charge is 0.239 e. The van der Waals surface area contributed by atoms with Crippen molar-refractivity contribution in [1.29, 1.82) is 0 Å². The SMILES string of the molecule is C=CCN(Cc1ccccc1)C(=O)[C@H](C)N.Cl. The summed E-state index contributed by atoms with van der Waals surface area (Å²) in [5, 5.41) is 0. The van der Waals surface area contributed by atoms with Crippen LogP contribution in [0.1, 0.15) is 12.5 Å². The van der Waals surface area contributed by atoms with Crippen LogP contribution < -0.4 is 5.73 Å². The predicted molar refractivity (Wildman–Crippen MR) is 73.0 cm³/mol. The van der Waals surface area contributed by atoms with E-state index in [0.29, 0.717) is 13.1 Å². The fourth-order valence-corrected chi connectivity index (χ4v) is 1.48. The van der Waals surface area contributed by atoms with Crippen LogP contribution in [0.3, 0.4) is 0 Å². The molecule has 1 rings (SSSR count). The van der Waals surface area contributed by atoms with Gasteiger partial charge in [-0.1, -0.05) is 36.4 Å². The van der Waals surface area contributed by atoms with E-state index in [0.717, 1.165) is 5.56 Å². The molecule has 0 bridgehead atoms. The monoisotopic (exact) mass is 254 g/mol. The van der Waals surface area contributed by atoms with Crippen molar-refractivity contribution < 1.29 is 4.79 Å². The van der Waals surface area contributed by atoms with Crippen LogP contribution in [0.25, 0.3) is 0 Å². The van der Waals surface area contributed by atoms with E-state index in [-0.39, 0.29) is 18.3 Å². The number of amides is 1. The fourth-order valence-electron chi connectivity index (χ4n) is 1.48. The van der Waals surface area contributed by atoms with E-state index in [1.807, 2.05) is 30.3 Å². The Kier molecular flexibility index (Phi) is 7.26. The van der Waals surface area contributed by atoms with Crippen LogP contribution in [0, 0.1) is 0 Å². The fraction of sp³-hybridized carbons (Fsp3) is 0.308. The van der Waals surface area contributed by atoms with Crippen molar-refractivity contribution in [3.05, 3.63) is 48.6 Å². The standard InChI is InChI=1S/C13H18N2O.ClH/c1-3-9-15(13(16)11(2)14)10-12-7-5-4-6-8-12;/h3-8,11H,1,9-10,14H2,2H3;1H/t11-;/m0./s1. The normalized spacial score (nSPS) is 11.2. The van der Waals surface area contributed by atoms with Gasteiger partial charge in [0.1, 0.15) is 0 Å². The Balaban J connectivity index is 0.00000256. The number of hydrogen-bond donors (Lipinski definition) is 1. The van der Waals surface area contributed by atoms with Crippen molar-refractivity contribution in [3.8, 4) is 0 Å². The lowest BCUT2D eigenvalue weighted by Gasteiger charge is -2.23. The van der Waals surface area contributed by atoms with Crippen LogP contribution in [0.2, 0.25) is 0 Å². The summed E-state index contributed by atoms with van der Waals surface area (Å²) >= 11 is 0. The van der Waals surface area contributed by atoms with Gasteiger partial charge in [0.2, 0.25) is 5.91 Å². The van der Waals surface area contributed by atoms with Gasteiger partial charge in [-0.05, 0) is 12.5 Å². The lowest BCUT2D eigenvalue weighted by Crippen LogP contribution is -2.41. The molecule has 0 aliphatic rings. The highest BCUT2D eigenvalue weighted by atomic mass is 35.5. The van der Waals surface area contributed by atoms with Crippen molar-refractivity contribution in [3.63, 3.8) is 0 Å². The maximum atomic E-state index is 11.8. The first kappa shape index (κ1) is 15.7. The van der Waals surface area contributed by atoms with Crippen molar-refractivity contribution in [2.75, 3.05) is 6.54 Å². The summed E-state index contributed by atoms with van der Waals surface area (Å²) in [6.45, 7) is 6.45. The minimum atomic E-state index is -0.469. The van der Waals surface area contributed by atoms with E-state index in [9.17, 15) is 4.79 Å². The van der Waals surface area contributed by atoms with Crippen LogP contribution >= 0.6 is 12.4 Å². The largest absolute Gasteiger partial charge is 0.333 e. The topological polar surface area (TPSA) is 46.3 Å². The molecule has 0 aromatic heterocycles. The zero-order chi connectivity index (χ0) is 12.0. The van der Waals surface area contributed by atoms with Crippen LogP contribution in [-0.4, -0.2) is 23.4 Å². The number of nitrogens with two attached hydrogens (primary N) is 1. The van der Waals surface area contributed by atoms with E-state index in [4.69, 9.17) is 5.73 Å². The zero-order valence-electron chi connectivity index (χ0n) is 10.0. The van der Waals surface area contributed by atoms with Gasteiger partial charge in [-0.3, -0.25) is 4.79 Å². The van der Waals surface area contributed by atoms with Gasteiger partial charge in [-0.2, -0.15) is 0 Å². The summed E-state index contributed by atoms with van der Waals surface area (Å²) in [6.07, 6.45) is 1.71. The lowest BCUT2D eigenvalue weighted by atomic mass is 10.2. The van der Waals surface area contributed by atoms with Crippen molar-refractivity contribution in [1.82, 2.24) is 4.90 Å². The van der Waals surface area contributed by atoms with Crippen molar-refractivity contribution in [2.24, 2.45) is 5.73 Å². The number of carbonyl (C=O) groups is 1. The Morgan fingerprint density at radius 2 is 2.06 bits per heavy atom. The van der Waals surface area contributed by atoms with Crippen molar-refractivity contribution in [2.45, 2.75) is 19.5 Å². The Bertz CT molecular complexity index is 352. The molecule has 0 spiro atoms. The molecule has 1 atom stereocenters. The molecule has 4 heteroatoms. The van der Waals surface area contributed by atoms with Crippen LogP contribution in [0.15, 0.2) is 43.0 Å². The maximum Gasteiger partial charge on any atom is 0.239 e. The van der Waals surface area contributed by atoms with Crippen LogP contribution in [0.5, 0.6) is 0 Å². The molecular formula is C13H19ClN2O. The van der Waals surface area contributed by atoms with Crippen LogP contribution in [-0.2, 0) is 11.3 Å². The molecule has 17 heavy (non-hydrogen) atoms. The molecule has 2 N–H and O–H groups in total. The molecule has 0 aliphatic carbocycles. The number of rotatable bonds is 5. The maximum absolute atomic E-state index is 11.8. The highest BCUT2D eigenvalue weighted by Gasteiger charge is 2.16. The second kappa shape index (κ2) is 7.87. The highest BCUT2D eigenvalue weighted by Crippen LogP contribution is 2.05. The molecule has 1 amide bonds. The third-order valence-corrected chi connectivity index (χ3v) is 2.27. The molecule has 0 saturated heterocycles. The number of carbonyl (C=O) groups excluding carboxylic acids is 1. The minimum Gasteiger partial charge on any atom is -0.333 e. The summed E-state index contributed by atoms with van der Waals surface area (Å²) < 4.78 is 0. The van der Waals surface area contributed by atoms with Gasteiger partial charge in [0.25, 0.3) is 0 Å². The number of nitrogens with zero attached hydrogens (tertiary/aromatic N) is 1. The van der Waals surface area contributed by atoms with Gasteiger partial charge in [-0.25, -0.2) is 0 Å². The predicted octanol–water partition coefficient (Wildman–Crippen LogP) is 1.97. The molecule has 0 aliphatic heterocycles. The Labute approximate surface area is 109 Å². The van der Waals surface area contributed by atoms with Gasteiger partial charge in [0.05, 0.1) is 6.04 Å². The Morgan fingerprint density at radius 3 is 2.53 bits per heavy atom. The van der Waals surface area contributed by atoms with E-state index in [1.165, 1.54) is 0 Å². The number of benzene rings is 1. The molecular weight excluding hydrogens is 236 g/mol. The summed E-state index contributed by atoms with van der Waals surface area (Å²) in [7, 11) is 0. The molecule has 3 nitrogen and oxygen atoms in total. The van der Waals surface area contributed by atoms with E-state index in [2.05, 4.69) is 6.58 Å². The summed E-state index contributed by atoms with van der Waals surface area (Å²) in [5.41, 5.74) is 6.69. The molecule has 0 unspecified atom stereocenters. The van der Waals surface area contributed by atoms with Gasteiger partial charge in [-0.15, -0.1) is 19.0 Å². The summed E-state index contributed by atoms with van der Waals surface area (Å²) in [6, 6.07) is 9.38. The lowest BCUT2D eigenvalue weighted by molar-refractivity contribution is -0.132. The van der Waals surface area contributed by atoms with Gasteiger partial charge in [0, 0.05) is 13.1 Å². The minimum absolute atomic E-state index is 0. The third kappa shape index (κ3) is 5.02. The van der Waals surface area contributed by atoms with Crippen molar-refractivity contribution >= 4 is 18.3 Å². The molecule has 1 aromatic carbocycles. The molecule has 0 heterocycles. The average molecular weight is 255 g/mol. The molecule has 0 fully saturated rings. The average Bonchev–Trinajstić information content (AvgIpc) is 2.29. The molecule has 94 valence electrons. The van der Waals surface area contributed by atoms with E-state index < -0.39 is 6.04 Å². The Hall–Kier alpha value is -1.32. The second-order valence-electron chi connectivity index (χ2n) is 3.78. The van der Waals surface area contributed by atoms with E-state index in [1.54, 1.807) is 17.9 Å². The van der Waals surface area contributed by atoms with Crippen LogP contribution in [0.4, 0.5) is 0 Å². The summed E-state index contributed by atoms with van der Waals surface area (Å²) in [4.78, 5) is 13.5. The third-order valence-electron chi connectivity index (χ3n) is 2.27. The molecule has 1 aromatic rings. The van der Waals surface area contributed by atoms with Gasteiger partial charge >= 0.3 is 0 Å². The molecule has 0 radical (unpaired) electrons. The highest BCUT2D eigenvalue weighted by molar-refractivity contribution is 5.85. The first-order chi connectivity index (χ1) is 7.65. The number of halogens is 1.